The number of rotatable bonds is 4. The SMILES string of the molecule is O=C(Nc1cc(F)cc(Oc2cccnc2)c1)c1ccc(F)cc1. The summed E-state index contributed by atoms with van der Waals surface area (Å²) in [6.45, 7) is 0. The van der Waals surface area contributed by atoms with Crippen LogP contribution in [-0.2, 0) is 0 Å². The first kappa shape index (κ1) is 15.6. The lowest BCUT2D eigenvalue weighted by atomic mass is 10.2. The van der Waals surface area contributed by atoms with E-state index in [1.165, 1.54) is 42.6 Å². The molecule has 0 fully saturated rings. The summed E-state index contributed by atoms with van der Waals surface area (Å²) < 4.78 is 32.1. The number of anilines is 1. The Kier molecular flexibility index (Phi) is 4.47. The van der Waals surface area contributed by atoms with Crippen molar-refractivity contribution in [2.45, 2.75) is 0 Å². The Morgan fingerprint density at radius 2 is 1.75 bits per heavy atom. The number of halogens is 2. The number of hydrogen-bond donors (Lipinski definition) is 1. The Bertz CT molecular complexity index is 853. The van der Waals surface area contributed by atoms with Crippen LogP contribution in [-0.4, -0.2) is 10.9 Å². The van der Waals surface area contributed by atoms with Gasteiger partial charge in [-0.2, -0.15) is 0 Å². The van der Waals surface area contributed by atoms with Crippen LogP contribution in [0.1, 0.15) is 10.4 Å². The van der Waals surface area contributed by atoms with Gasteiger partial charge >= 0.3 is 0 Å². The molecule has 0 radical (unpaired) electrons. The molecular weight excluding hydrogens is 314 g/mol. The lowest BCUT2D eigenvalue weighted by Crippen LogP contribution is -2.12. The average molecular weight is 326 g/mol. The summed E-state index contributed by atoms with van der Waals surface area (Å²) in [5.74, 6) is -0.820. The van der Waals surface area contributed by atoms with Crippen LogP contribution in [0.5, 0.6) is 11.5 Å². The second kappa shape index (κ2) is 6.87. The number of ether oxygens (including phenoxy) is 1. The third kappa shape index (κ3) is 3.92. The van der Waals surface area contributed by atoms with Crippen LogP contribution in [0.25, 0.3) is 0 Å². The summed E-state index contributed by atoms with van der Waals surface area (Å²) in [6.07, 6.45) is 3.08. The first-order valence-electron chi connectivity index (χ1n) is 7.05. The molecule has 1 N–H and O–H groups in total. The molecule has 0 aliphatic rings. The molecule has 120 valence electrons. The maximum atomic E-state index is 13.7. The summed E-state index contributed by atoms with van der Waals surface area (Å²) >= 11 is 0. The average Bonchev–Trinajstić information content (AvgIpc) is 2.55. The van der Waals surface area contributed by atoms with Crippen molar-refractivity contribution in [3.63, 3.8) is 0 Å². The lowest BCUT2D eigenvalue weighted by molar-refractivity contribution is 0.102. The molecule has 1 aromatic heterocycles. The molecule has 4 nitrogen and oxygen atoms in total. The first-order chi connectivity index (χ1) is 11.6. The van der Waals surface area contributed by atoms with E-state index in [0.717, 1.165) is 6.07 Å². The number of aromatic nitrogens is 1. The van der Waals surface area contributed by atoms with E-state index < -0.39 is 17.5 Å². The summed E-state index contributed by atoms with van der Waals surface area (Å²) in [4.78, 5) is 16.0. The van der Waals surface area contributed by atoms with Gasteiger partial charge in [0.15, 0.2) is 0 Å². The van der Waals surface area contributed by atoms with Crippen molar-refractivity contribution in [3.05, 3.63) is 84.2 Å². The van der Waals surface area contributed by atoms with E-state index in [1.54, 1.807) is 18.3 Å². The zero-order valence-corrected chi connectivity index (χ0v) is 12.4. The number of carbonyl (C=O) groups excluding carboxylic acids is 1. The smallest absolute Gasteiger partial charge is 0.255 e. The molecule has 6 heteroatoms. The maximum Gasteiger partial charge on any atom is 0.255 e. The lowest BCUT2D eigenvalue weighted by Gasteiger charge is -2.09. The van der Waals surface area contributed by atoms with Crippen LogP contribution < -0.4 is 10.1 Å². The molecule has 0 spiro atoms. The normalized spacial score (nSPS) is 10.2. The molecule has 24 heavy (non-hydrogen) atoms. The molecule has 0 aliphatic heterocycles. The Morgan fingerprint density at radius 1 is 0.958 bits per heavy atom. The zero-order chi connectivity index (χ0) is 16.9. The number of benzene rings is 2. The third-order valence-electron chi connectivity index (χ3n) is 3.11. The molecule has 3 rings (SSSR count). The highest BCUT2D eigenvalue weighted by Gasteiger charge is 2.09. The highest BCUT2D eigenvalue weighted by molar-refractivity contribution is 6.04. The van der Waals surface area contributed by atoms with Crippen LogP contribution in [0, 0.1) is 11.6 Å². The number of nitrogens with zero attached hydrogens (tertiary/aromatic N) is 1. The quantitative estimate of drug-likeness (QED) is 0.773. The van der Waals surface area contributed by atoms with Gasteiger partial charge in [-0.1, -0.05) is 0 Å². The summed E-state index contributed by atoms with van der Waals surface area (Å²) in [7, 11) is 0. The van der Waals surface area contributed by atoms with E-state index >= 15 is 0 Å². The van der Waals surface area contributed by atoms with Crippen molar-refractivity contribution >= 4 is 11.6 Å². The highest BCUT2D eigenvalue weighted by Crippen LogP contribution is 2.25. The van der Waals surface area contributed by atoms with Crippen molar-refractivity contribution in [1.29, 1.82) is 0 Å². The van der Waals surface area contributed by atoms with Gasteiger partial charge in [-0.25, -0.2) is 8.78 Å². The molecule has 1 amide bonds. The molecule has 0 saturated heterocycles. The second-order valence-electron chi connectivity index (χ2n) is 4.93. The fourth-order valence-corrected chi connectivity index (χ4v) is 2.04. The highest BCUT2D eigenvalue weighted by atomic mass is 19.1. The van der Waals surface area contributed by atoms with Crippen molar-refractivity contribution in [2.24, 2.45) is 0 Å². The fourth-order valence-electron chi connectivity index (χ4n) is 2.04. The summed E-state index contributed by atoms with van der Waals surface area (Å²) in [6, 6.07) is 12.2. The van der Waals surface area contributed by atoms with Gasteiger partial charge in [0, 0.05) is 29.6 Å². The molecule has 0 bridgehead atoms. The molecule has 1 heterocycles. The number of amides is 1. The fraction of sp³-hybridized carbons (Fsp3) is 0. The minimum atomic E-state index is -0.564. The minimum Gasteiger partial charge on any atom is -0.456 e. The Morgan fingerprint density at radius 3 is 2.46 bits per heavy atom. The number of pyridine rings is 1. The van der Waals surface area contributed by atoms with Crippen LogP contribution in [0.2, 0.25) is 0 Å². The van der Waals surface area contributed by atoms with Gasteiger partial charge < -0.3 is 10.1 Å². The monoisotopic (exact) mass is 326 g/mol. The van der Waals surface area contributed by atoms with Crippen molar-refractivity contribution in [3.8, 4) is 11.5 Å². The maximum absolute atomic E-state index is 13.7. The van der Waals surface area contributed by atoms with Crippen LogP contribution >= 0.6 is 0 Å². The van der Waals surface area contributed by atoms with Crippen LogP contribution in [0.15, 0.2) is 67.0 Å². The van der Waals surface area contributed by atoms with Crippen LogP contribution in [0.4, 0.5) is 14.5 Å². The van der Waals surface area contributed by atoms with E-state index in [1.807, 2.05) is 0 Å². The Hall–Kier alpha value is -3.28. The Balaban J connectivity index is 1.78. The van der Waals surface area contributed by atoms with E-state index in [-0.39, 0.29) is 17.0 Å². The number of hydrogen-bond acceptors (Lipinski definition) is 3. The Labute approximate surface area is 136 Å². The van der Waals surface area contributed by atoms with Gasteiger partial charge in [0.05, 0.1) is 6.20 Å². The van der Waals surface area contributed by atoms with Gasteiger partial charge in [-0.15, -0.1) is 0 Å². The predicted molar refractivity (Wildman–Crippen MR) is 85.1 cm³/mol. The van der Waals surface area contributed by atoms with Gasteiger partial charge in [-0.3, -0.25) is 9.78 Å². The van der Waals surface area contributed by atoms with E-state index in [2.05, 4.69) is 10.3 Å². The summed E-state index contributed by atoms with van der Waals surface area (Å²) in [5.41, 5.74) is 0.485. The zero-order valence-electron chi connectivity index (χ0n) is 12.4. The molecule has 0 aliphatic carbocycles. The standard InChI is InChI=1S/C18H12F2N2O2/c19-13-5-3-12(4-6-13)18(23)22-15-8-14(20)9-17(10-15)24-16-2-1-7-21-11-16/h1-11H,(H,22,23). The van der Waals surface area contributed by atoms with Crippen molar-refractivity contribution in [1.82, 2.24) is 4.98 Å². The number of carbonyl (C=O) groups is 1. The van der Waals surface area contributed by atoms with Gasteiger partial charge in [0.2, 0.25) is 0 Å². The largest absolute Gasteiger partial charge is 0.456 e. The molecular formula is C18H12F2N2O2. The van der Waals surface area contributed by atoms with Gasteiger partial charge in [0.25, 0.3) is 5.91 Å². The molecule has 0 atom stereocenters. The minimum absolute atomic E-state index is 0.220. The summed E-state index contributed by atoms with van der Waals surface area (Å²) in [5, 5.41) is 2.55. The van der Waals surface area contributed by atoms with Crippen molar-refractivity contribution < 1.29 is 18.3 Å². The topological polar surface area (TPSA) is 51.2 Å². The van der Waals surface area contributed by atoms with Gasteiger partial charge in [-0.05, 0) is 42.5 Å². The second-order valence-corrected chi connectivity index (χ2v) is 4.93. The third-order valence-corrected chi connectivity index (χ3v) is 3.11. The molecule has 0 unspecified atom stereocenters. The van der Waals surface area contributed by atoms with E-state index in [4.69, 9.17) is 4.74 Å². The van der Waals surface area contributed by atoms with Gasteiger partial charge in [0.1, 0.15) is 23.1 Å². The first-order valence-corrected chi connectivity index (χ1v) is 7.05. The van der Waals surface area contributed by atoms with Crippen LogP contribution in [0.3, 0.4) is 0 Å². The number of nitrogens with one attached hydrogen (secondary N) is 1. The molecule has 0 saturated carbocycles. The predicted octanol–water partition coefficient (Wildman–Crippen LogP) is 4.40. The van der Waals surface area contributed by atoms with E-state index in [9.17, 15) is 13.6 Å². The van der Waals surface area contributed by atoms with E-state index in [0.29, 0.717) is 5.75 Å². The molecule has 3 aromatic rings. The molecule has 2 aromatic carbocycles. The van der Waals surface area contributed by atoms with Crippen molar-refractivity contribution in [2.75, 3.05) is 5.32 Å².